The van der Waals surface area contributed by atoms with Gasteiger partial charge in [-0.2, -0.15) is 0 Å². The van der Waals surface area contributed by atoms with E-state index in [9.17, 15) is 4.79 Å². The number of hydrogen-bond donors (Lipinski definition) is 2. The summed E-state index contributed by atoms with van der Waals surface area (Å²) in [6.07, 6.45) is 9.32. The maximum Gasteiger partial charge on any atom is 0.223 e. The molecule has 3 nitrogen and oxygen atoms in total. The van der Waals surface area contributed by atoms with Gasteiger partial charge in [0.2, 0.25) is 5.91 Å². The second kappa shape index (κ2) is 8.52. The molecule has 1 fully saturated rings. The minimum Gasteiger partial charge on any atom is -0.396 e. The first-order valence-electron chi connectivity index (χ1n) is 7.54. The molecule has 0 radical (unpaired) electrons. The summed E-state index contributed by atoms with van der Waals surface area (Å²) in [5.74, 6) is 1.07. The predicted octanol–water partition coefficient (Wildman–Crippen LogP) is 2.87. The standard InChI is InChI=1S/C15H29NO2/c1-12(11-14-8-4-3-5-9-14)15(18)16-13(2)7-6-10-17/h12-14,17H,3-11H2,1-2H3,(H,16,18). The Bertz CT molecular complexity index is 237. The molecule has 1 aliphatic rings. The highest BCUT2D eigenvalue weighted by molar-refractivity contribution is 5.78. The molecule has 0 saturated heterocycles. The number of rotatable bonds is 7. The van der Waals surface area contributed by atoms with Gasteiger partial charge in [-0.3, -0.25) is 4.79 Å². The second-order valence-electron chi connectivity index (χ2n) is 5.92. The van der Waals surface area contributed by atoms with Crippen molar-refractivity contribution in [2.24, 2.45) is 11.8 Å². The van der Waals surface area contributed by atoms with Gasteiger partial charge >= 0.3 is 0 Å². The summed E-state index contributed by atoms with van der Waals surface area (Å²) >= 11 is 0. The topological polar surface area (TPSA) is 49.3 Å². The second-order valence-corrected chi connectivity index (χ2v) is 5.92. The molecule has 1 rings (SSSR count). The largest absolute Gasteiger partial charge is 0.396 e. The van der Waals surface area contributed by atoms with Crippen LogP contribution in [0.15, 0.2) is 0 Å². The zero-order valence-electron chi connectivity index (χ0n) is 12.0. The average molecular weight is 255 g/mol. The summed E-state index contributed by atoms with van der Waals surface area (Å²) in [5, 5.41) is 11.8. The van der Waals surface area contributed by atoms with Crippen LogP contribution in [0.5, 0.6) is 0 Å². The van der Waals surface area contributed by atoms with Crippen LogP contribution in [0, 0.1) is 11.8 Å². The van der Waals surface area contributed by atoms with E-state index in [-0.39, 0.29) is 24.5 Å². The van der Waals surface area contributed by atoms with E-state index in [0.29, 0.717) is 0 Å². The third-order valence-electron chi connectivity index (χ3n) is 4.04. The molecular weight excluding hydrogens is 226 g/mol. The number of amides is 1. The molecular formula is C15H29NO2. The molecule has 1 amide bonds. The molecule has 0 aromatic carbocycles. The van der Waals surface area contributed by atoms with E-state index >= 15 is 0 Å². The van der Waals surface area contributed by atoms with Crippen molar-refractivity contribution in [1.82, 2.24) is 5.32 Å². The highest BCUT2D eigenvalue weighted by Crippen LogP contribution is 2.29. The molecule has 106 valence electrons. The van der Waals surface area contributed by atoms with Crippen LogP contribution in [0.25, 0.3) is 0 Å². The Hall–Kier alpha value is -0.570. The molecule has 3 heteroatoms. The first-order chi connectivity index (χ1) is 8.63. The lowest BCUT2D eigenvalue weighted by molar-refractivity contribution is -0.125. The molecule has 0 heterocycles. The lowest BCUT2D eigenvalue weighted by atomic mass is 9.83. The third-order valence-corrected chi connectivity index (χ3v) is 4.04. The van der Waals surface area contributed by atoms with Gasteiger partial charge in [0.15, 0.2) is 0 Å². The van der Waals surface area contributed by atoms with Crippen LogP contribution in [0.4, 0.5) is 0 Å². The van der Waals surface area contributed by atoms with Gasteiger partial charge < -0.3 is 10.4 Å². The SMILES string of the molecule is CC(CCCO)NC(=O)C(C)CC1CCCCC1. The Kier molecular flexibility index (Phi) is 7.33. The summed E-state index contributed by atoms with van der Waals surface area (Å²) in [6, 6.07) is 0.179. The Labute approximate surface area is 111 Å². The van der Waals surface area contributed by atoms with Gasteiger partial charge in [-0.1, -0.05) is 39.0 Å². The molecule has 1 aliphatic carbocycles. The Morgan fingerprint density at radius 2 is 1.94 bits per heavy atom. The Balaban J connectivity index is 2.22. The van der Waals surface area contributed by atoms with Crippen LogP contribution in [-0.2, 0) is 4.79 Å². The van der Waals surface area contributed by atoms with Crippen LogP contribution >= 0.6 is 0 Å². The van der Waals surface area contributed by atoms with E-state index in [4.69, 9.17) is 5.11 Å². The van der Waals surface area contributed by atoms with Crippen molar-refractivity contribution in [2.75, 3.05) is 6.61 Å². The van der Waals surface area contributed by atoms with E-state index in [1.807, 2.05) is 13.8 Å². The highest BCUT2D eigenvalue weighted by atomic mass is 16.2. The van der Waals surface area contributed by atoms with Crippen molar-refractivity contribution in [2.45, 2.75) is 71.3 Å². The normalized spacial score (nSPS) is 20.4. The molecule has 0 aliphatic heterocycles. The van der Waals surface area contributed by atoms with E-state index in [0.717, 1.165) is 25.2 Å². The molecule has 1 saturated carbocycles. The maximum atomic E-state index is 12.0. The number of carbonyl (C=O) groups excluding carboxylic acids is 1. The first-order valence-corrected chi connectivity index (χ1v) is 7.54. The molecule has 0 aromatic rings. The van der Waals surface area contributed by atoms with Gasteiger partial charge in [-0.25, -0.2) is 0 Å². The average Bonchev–Trinajstić information content (AvgIpc) is 2.37. The van der Waals surface area contributed by atoms with Crippen molar-refractivity contribution in [1.29, 1.82) is 0 Å². The van der Waals surface area contributed by atoms with E-state index < -0.39 is 0 Å². The van der Waals surface area contributed by atoms with E-state index in [2.05, 4.69) is 5.32 Å². The number of hydrogen-bond acceptors (Lipinski definition) is 2. The predicted molar refractivity (Wildman–Crippen MR) is 74.3 cm³/mol. The zero-order chi connectivity index (χ0) is 13.4. The van der Waals surface area contributed by atoms with Gasteiger partial charge in [0.05, 0.1) is 0 Å². The summed E-state index contributed by atoms with van der Waals surface area (Å²) in [7, 11) is 0. The Morgan fingerprint density at radius 1 is 1.28 bits per heavy atom. The van der Waals surface area contributed by atoms with Gasteiger partial charge in [0.25, 0.3) is 0 Å². The third kappa shape index (κ3) is 5.85. The van der Waals surface area contributed by atoms with Crippen LogP contribution in [0.1, 0.15) is 65.2 Å². The van der Waals surface area contributed by atoms with Crippen LogP contribution in [0.2, 0.25) is 0 Å². The summed E-state index contributed by atoms with van der Waals surface area (Å²) in [5.41, 5.74) is 0. The smallest absolute Gasteiger partial charge is 0.223 e. The van der Waals surface area contributed by atoms with Crippen molar-refractivity contribution >= 4 is 5.91 Å². The molecule has 0 bridgehead atoms. The lowest BCUT2D eigenvalue weighted by Gasteiger charge is -2.25. The van der Waals surface area contributed by atoms with Gasteiger partial charge in [-0.15, -0.1) is 0 Å². The van der Waals surface area contributed by atoms with Gasteiger partial charge in [-0.05, 0) is 32.1 Å². The zero-order valence-corrected chi connectivity index (χ0v) is 12.0. The summed E-state index contributed by atoms with van der Waals surface area (Å²) < 4.78 is 0. The van der Waals surface area contributed by atoms with Crippen molar-refractivity contribution < 1.29 is 9.90 Å². The van der Waals surface area contributed by atoms with Crippen LogP contribution in [0.3, 0.4) is 0 Å². The number of aliphatic hydroxyl groups is 1. The van der Waals surface area contributed by atoms with E-state index in [1.54, 1.807) is 0 Å². The fraction of sp³-hybridized carbons (Fsp3) is 0.933. The number of carbonyl (C=O) groups is 1. The van der Waals surface area contributed by atoms with E-state index in [1.165, 1.54) is 32.1 Å². The molecule has 18 heavy (non-hydrogen) atoms. The highest BCUT2D eigenvalue weighted by Gasteiger charge is 2.21. The fourth-order valence-corrected chi connectivity index (χ4v) is 2.88. The molecule has 0 aromatic heterocycles. The molecule has 2 atom stereocenters. The van der Waals surface area contributed by atoms with Gasteiger partial charge in [0, 0.05) is 18.6 Å². The molecule has 2 unspecified atom stereocenters. The quantitative estimate of drug-likeness (QED) is 0.735. The summed E-state index contributed by atoms with van der Waals surface area (Å²) in [4.78, 5) is 12.0. The minimum atomic E-state index is 0.129. The van der Waals surface area contributed by atoms with Gasteiger partial charge in [0.1, 0.15) is 0 Å². The minimum absolute atomic E-state index is 0.129. The maximum absolute atomic E-state index is 12.0. The molecule has 2 N–H and O–H groups in total. The van der Waals surface area contributed by atoms with Crippen LogP contribution in [-0.4, -0.2) is 23.7 Å². The first kappa shape index (κ1) is 15.5. The molecule has 0 spiro atoms. The summed E-state index contributed by atoms with van der Waals surface area (Å²) in [6.45, 7) is 4.27. The van der Waals surface area contributed by atoms with Crippen molar-refractivity contribution in [3.63, 3.8) is 0 Å². The number of nitrogens with one attached hydrogen (secondary N) is 1. The Morgan fingerprint density at radius 3 is 2.56 bits per heavy atom. The fourth-order valence-electron chi connectivity index (χ4n) is 2.88. The monoisotopic (exact) mass is 255 g/mol. The lowest BCUT2D eigenvalue weighted by Crippen LogP contribution is -2.37. The number of aliphatic hydroxyl groups excluding tert-OH is 1. The van der Waals surface area contributed by atoms with Crippen molar-refractivity contribution in [3.8, 4) is 0 Å². The van der Waals surface area contributed by atoms with Crippen LogP contribution < -0.4 is 5.32 Å². The van der Waals surface area contributed by atoms with Crippen molar-refractivity contribution in [3.05, 3.63) is 0 Å².